The maximum atomic E-state index is 12.7. The Kier molecular flexibility index (Phi) is 24.2. The highest BCUT2D eigenvalue weighted by molar-refractivity contribution is 5.99. The van der Waals surface area contributed by atoms with Gasteiger partial charge >= 0.3 is 0 Å². The number of fused-ring (bicyclic) bond motifs is 4. The van der Waals surface area contributed by atoms with Gasteiger partial charge in [0.25, 0.3) is 0 Å². The molecule has 36 heteroatoms. The van der Waals surface area contributed by atoms with Crippen molar-refractivity contribution >= 4 is 90.9 Å². The minimum atomic E-state index is -0.252. The van der Waals surface area contributed by atoms with Crippen molar-refractivity contribution in [2.75, 3.05) is 21.3 Å². The third kappa shape index (κ3) is 19.4. The van der Waals surface area contributed by atoms with E-state index in [1.54, 1.807) is 198 Å². The molecule has 4 N–H and O–H groups in total. The SMILES string of the molecule is Cc1cc(-c2ccnc3c2cnn3CC(=O)Nc2ccc(-c3cnccn3)cn2)ccn1.Cc1cc(-c2cncc3c2ccn3CC(=O)Nc2ccc(-c3cnccn3)cn2)ccn1.Cc1cc(-c2ncnc3c2ccn3CC(=O)Nc2ccc(-c3cnccn3)cn2)ccn1.Cn1nccc1-c1ccnc2c1cnn2CC(=O)Nc1ccc(-c2cnccn2)cn1. The molecule has 0 bridgehead atoms. The highest BCUT2D eigenvalue weighted by Gasteiger charge is 2.20. The van der Waals surface area contributed by atoms with E-state index in [4.69, 9.17) is 0 Å². The molecule has 127 heavy (non-hydrogen) atoms. The lowest BCUT2D eigenvalue weighted by molar-refractivity contribution is -0.117. The normalized spacial score (nSPS) is 10.9. The number of hydrogen-bond donors (Lipinski definition) is 4. The van der Waals surface area contributed by atoms with Crippen LogP contribution in [0.4, 0.5) is 23.3 Å². The van der Waals surface area contributed by atoms with Crippen LogP contribution in [0.3, 0.4) is 0 Å². The van der Waals surface area contributed by atoms with Crippen LogP contribution in [-0.2, 0) is 52.4 Å². The first-order valence-electron chi connectivity index (χ1n) is 39.4. The average Bonchev–Trinajstić information content (AvgIpc) is 1.65. The first-order chi connectivity index (χ1) is 62.2. The second kappa shape index (κ2) is 37.7. The van der Waals surface area contributed by atoms with Gasteiger partial charge in [0.2, 0.25) is 23.6 Å². The summed E-state index contributed by atoms with van der Waals surface area (Å²) in [5, 5.41) is 27.8. The molecule has 0 aliphatic heterocycles. The molecule has 0 spiro atoms. The van der Waals surface area contributed by atoms with Gasteiger partial charge in [-0.25, -0.2) is 49.2 Å². The van der Waals surface area contributed by atoms with E-state index in [2.05, 4.69) is 136 Å². The van der Waals surface area contributed by atoms with Crippen molar-refractivity contribution < 1.29 is 19.2 Å². The summed E-state index contributed by atoms with van der Waals surface area (Å²) in [5.74, 6) is 0.943. The van der Waals surface area contributed by atoms with Gasteiger partial charge < -0.3 is 30.4 Å². The number of carbonyl (C=O) groups excluding carboxylic acids is 4. The molecule has 0 aromatic carbocycles. The van der Waals surface area contributed by atoms with E-state index in [-0.39, 0.29) is 49.8 Å². The van der Waals surface area contributed by atoms with E-state index in [0.29, 0.717) is 51.6 Å². The predicted molar refractivity (Wildman–Crippen MR) is 474 cm³/mol. The standard InChI is InChI=1S/C24H19N7O.2C23H18N8O.C21H17N9O/c1-16-10-17(4-6-27-16)20-12-26-14-22-19(20)5-9-31(22)15-24(32)30-23-3-2-18(11-29-23)21-13-25-7-8-28-21;1-15-10-16(4-6-25-15)22-18-5-9-31(23(18)29-14-28-22)13-21(32)30-20-3-2-17(11-27-20)19-12-24-7-8-26-19;1-15-10-16(4-6-25-15)18-5-7-27-23-19(18)12-29-31(23)14-22(32)30-21-3-2-17(11-28-21)20-13-24-8-9-26-20;1-29-18(5-7-26-29)15-4-6-24-21-16(15)11-27-30(21)13-20(31)28-19-3-2-14(10-25-19)17-12-22-8-9-23-17/h2-14H,15H2,1H3,(H,29,30,32);2-12,14H,13H2,1H3,(H,27,30,32);2-13H,14H2,1H3,(H,28,30,32);2-12H,13H2,1H3,(H,25,28,31). The molecule has 20 heterocycles. The fraction of sp³-hybridized carbons (Fsp3) is 0.0879. The Morgan fingerprint density at radius 1 is 0.291 bits per heavy atom. The molecule has 0 saturated carbocycles. The van der Waals surface area contributed by atoms with Crippen LogP contribution in [0.2, 0.25) is 0 Å². The Morgan fingerprint density at radius 3 is 1.15 bits per heavy atom. The number of carbonyl (C=O) groups is 4. The highest BCUT2D eigenvalue weighted by Crippen LogP contribution is 2.33. The minimum Gasteiger partial charge on any atom is -0.337 e. The summed E-state index contributed by atoms with van der Waals surface area (Å²) in [4.78, 5) is 136. The zero-order valence-corrected chi connectivity index (χ0v) is 68.2. The van der Waals surface area contributed by atoms with Gasteiger partial charge in [0, 0.05) is 215 Å². The number of pyridine rings is 10. The Hall–Kier alpha value is -18.0. The summed E-state index contributed by atoms with van der Waals surface area (Å²) in [6, 6.07) is 35.8. The van der Waals surface area contributed by atoms with Gasteiger partial charge in [-0.05, 0) is 153 Å². The van der Waals surface area contributed by atoms with E-state index in [1.165, 1.54) is 6.33 Å². The molecule has 0 fully saturated rings. The van der Waals surface area contributed by atoms with E-state index in [9.17, 15) is 19.2 Å². The Labute approximate surface area is 721 Å². The summed E-state index contributed by atoms with van der Waals surface area (Å²) < 4.78 is 8.60. The quantitative estimate of drug-likeness (QED) is 0.0550. The van der Waals surface area contributed by atoms with E-state index in [0.717, 1.165) is 123 Å². The van der Waals surface area contributed by atoms with E-state index < -0.39 is 0 Å². The molecule has 20 aromatic rings. The lowest BCUT2D eigenvalue weighted by Crippen LogP contribution is -2.20. The van der Waals surface area contributed by atoms with Crippen molar-refractivity contribution in [3.05, 3.63) is 312 Å². The fourth-order valence-electron chi connectivity index (χ4n) is 13.8. The number of nitrogens with one attached hydrogen (secondary N) is 4. The summed E-state index contributed by atoms with van der Waals surface area (Å²) in [6.45, 7) is 6.12. The summed E-state index contributed by atoms with van der Waals surface area (Å²) in [5.41, 5.74) is 19.5. The van der Waals surface area contributed by atoms with Gasteiger partial charge in [-0.1, -0.05) is 0 Å². The molecule has 0 aliphatic rings. The molecule has 0 radical (unpaired) electrons. The lowest BCUT2D eigenvalue weighted by atomic mass is 10.0. The van der Waals surface area contributed by atoms with Crippen LogP contribution >= 0.6 is 0 Å². The molecule has 36 nitrogen and oxygen atoms in total. The Bertz CT molecular complexity index is 6760. The fourth-order valence-corrected chi connectivity index (χ4v) is 13.8. The second-order valence-electron chi connectivity index (χ2n) is 28.4. The van der Waals surface area contributed by atoms with Gasteiger partial charge in [-0.2, -0.15) is 15.3 Å². The van der Waals surface area contributed by atoms with Crippen molar-refractivity contribution in [1.29, 1.82) is 0 Å². The third-order valence-electron chi connectivity index (χ3n) is 19.8. The maximum absolute atomic E-state index is 12.7. The van der Waals surface area contributed by atoms with Gasteiger partial charge in [-0.3, -0.25) is 83.7 Å². The van der Waals surface area contributed by atoms with Crippen molar-refractivity contribution in [2.24, 2.45) is 7.05 Å². The third-order valence-corrected chi connectivity index (χ3v) is 19.8. The largest absolute Gasteiger partial charge is 0.337 e. The Balaban J connectivity index is 0.000000119. The zero-order valence-electron chi connectivity index (χ0n) is 68.2. The number of hydrogen-bond acceptors (Lipinski definition) is 27. The zero-order chi connectivity index (χ0) is 87.0. The molecule has 620 valence electrons. The number of anilines is 4. The molecule has 0 unspecified atom stereocenters. The van der Waals surface area contributed by atoms with Crippen LogP contribution in [-0.4, -0.2) is 162 Å². The highest BCUT2D eigenvalue weighted by atomic mass is 16.2. The van der Waals surface area contributed by atoms with Crippen molar-refractivity contribution in [3.63, 3.8) is 0 Å². The molecule has 0 atom stereocenters. The number of aromatic nitrogens is 28. The van der Waals surface area contributed by atoms with Crippen LogP contribution in [0.25, 0.3) is 134 Å². The summed E-state index contributed by atoms with van der Waals surface area (Å²) in [6.07, 6.45) is 49.0. The molecule has 4 amide bonds. The number of nitrogens with zero attached hydrogens (tertiary/aromatic N) is 28. The molecule has 20 rings (SSSR count). The molecule has 20 aromatic heterocycles. The van der Waals surface area contributed by atoms with Gasteiger partial charge in [0.15, 0.2) is 11.3 Å². The number of amides is 4. The lowest BCUT2D eigenvalue weighted by Gasteiger charge is -2.09. The van der Waals surface area contributed by atoms with Crippen LogP contribution in [0.15, 0.2) is 295 Å². The van der Waals surface area contributed by atoms with Crippen molar-refractivity contribution in [1.82, 2.24) is 138 Å². The maximum Gasteiger partial charge on any atom is 0.247 e. The van der Waals surface area contributed by atoms with Gasteiger partial charge in [0.05, 0.1) is 83.1 Å². The van der Waals surface area contributed by atoms with Crippen LogP contribution in [0.1, 0.15) is 17.1 Å². The Morgan fingerprint density at radius 2 is 0.709 bits per heavy atom. The first kappa shape index (κ1) is 81.4. The predicted octanol–water partition coefficient (Wildman–Crippen LogP) is 12.8. The molecule has 0 saturated heterocycles. The van der Waals surface area contributed by atoms with Crippen LogP contribution < -0.4 is 21.3 Å². The molecular weight excluding hydrogens is 1610 g/mol. The minimum absolute atomic E-state index is 0.0128. The second-order valence-corrected chi connectivity index (χ2v) is 28.4. The van der Waals surface area contributed by atoms with Crippen molar-refractivity contribution in [3.8, 4) is 89.8 Å². The average molecular weight is 1680 g/mol. The smallest absolute Gasteiger partial charge is 0.247 e. The van der Waals surface area contributed by atoms with E-state index >= 15 is 0 Å². The van der Waals surface area contributed by atoms with Crippen LogP contribution in [0, 0.1) is 20.8 Å². The van der Waals surface area contributed by atoms with Crippen molar-refractivity contribution in [2.45, 2.75) is 47.0 Å². The van der Waals surface area contributed by atoms with Crippen LogP contribution in [0.5, 0.6) is 0 Å². The van der Waals surface area contributed by atoms with Gasteiger partial charge in [0.1, 0.15) is 61.4 Å². The van der Waals surface area contributed by atoms with Gasteiger partial charge in [-0.15, -0.1) is 0 Å². The summed E-state index contributed by atoms with van der Waals surface area (Å²) >= 11 is 0. The molecular formula is C91H72N32O4. The topological polar surface area (TPSA) is 438 Å². The number of aryl methyl sites for hydroxylation is 4. The van der Waals surface area contributed by atoms with E-state index in [1.807, 2.05) is 142 Å². The number of rotatable bonds is 20. The molecule has 0 aliphatic carbocycles. The monoisotopic (exact) mass is 1680 g/mol. The summed E-state index contributed by atoms with van der Waals surface area (Å²) in [7, 11) is 1.88. The first-order valence-corrected chi connectivity index (χ1v) is 39.4.